The Kier molecular flexibility index (Phi) is 3.24. The van der Waals surface area contributed by atoms with Crippen LogP contribution in [0.2, 0.25) is 0 Å². The molecule has 0 fully saturated rings. The minimum absolute atomic E-state index is 0.421. The number of hydrogen-bond donors (Lipinski definition) is 0. The zero-order chi connectivity index (χ0) is 11.5. The Labute approximate surface area is 96.3 Å². The molecule has 0 unspecified atom stereocenters. The molecular weight excluding hydrogens is 230 g/mol. The average molecular weight is 240 g/mol. The first kappa shape index (κ1) is 11.1. The number of rotatable bonds is 3. The molecule has 0 aliphatic rings. The third kappa shape index (κ3) is 2.41. The molecule has 16 heavy (non-hydrogen) atoms. The molecular formula is C11H10F2N2S. The van der Waals surface area contributed by atoms with Gasteiger partial charge in [0.05, 0.1) is 0 Å². The smallest absolute Gasteiger partial charge is 0.167 e. The maximum Gasteiger partial charge on any atom is 0.167 e. The van der Waals surface area contributed by atoms with Gasteiger partial charge >= 0.3 is 0 Å². The van der Waals surface area contributed by atoms with Gasteiger partial charge in [0.15, 0.2) is 5.16 Å². The molecule has 0 aliphatic heterocycles. The Bertz CT molecular complexity index is 476. The fraction of sp³-hybridized carbons (Fsp3) is 0.182. The van der Waals surface area contributed by atoms with Gasteiger partial charge < -0.3 is 4.57 Å². The van der Waals surface area contributed by atoms with Crippen LogP contribution in [-0.2, 0) is 6.54 Å². The van der Waals surface area contributed by atoms with Crippen LogP contribution in [0.5, 0.6) is 0 Å². The van der Waals surface area contributed by atoms with Gasteiger partial charge in [0.2, 0.25) is 0 Å². The molecule has 1 aromatic carbocycles. The van der Waals surface area contributed by atoms with Gasteiger partial charge in [-0.1, -0.05) is 11.8 Å². The van der Waals surface area contributed by atoms with Gasteiger partial charge in [0, 0.05) is 25.0 Å². The standard InChI is InChI=1S/C11H10F2N2S/c1-16-11-14-2-3-15(11)7-8-4-9(12)6-10(13)5-8/h2-6H,7H2,1H3. The quantitative estimate of drug-likeness (QED) is 0.768. The molecule has 84 valence electrons. The van der Waals surface area contributed by atoms with Gasteiger partial charge in [0.25, 0.3) is 0 Å². The van der Waals surface area contributed by atoms with Crippen molar-refractivity contribution in [2.24, 2.45) is 0 Å². The Hall–Kier alpha value is -1.36. The lowest BCUT2D eigenvalue weighted by atomic mass is 10.2. The SMILES string of the molecule is CSc1nccn1Cc1cc(F)cc(F)c1. The van der Waals surface area contributed by atoms with Crippen LogP contribution in [0.1, 0.15) is 5.56 Å². The minimum atomic E-state index is -0.555. The molecule has 0 radical (unpaired) electrons. The second-order valence-electron chi connectivity index (χ2n) is 3.32. The molecule has 2 aromatic rings. The van der Waals surface area contributed by atoms with Crippen LogP contribution >= 0.6 is 11.8 Å². The molecule has 0 atom stereocenters. The highest BCUT2D eigenvalue weighted by molar-refractivity contribution is 7.98. The monoisotopic (exact) mass is 240 g/mol. The number of aromatic nitrogens is 2. The Morgan fingerprint density at radius 1 is 1.25 bits per heavy atom. The van der Waals surface area contributed by atoms with Crippen LogP contribution in [0.25, 0.3) is 0 Å². The molecule has 0 aliphatic carbocycles. The van der Waals surface area contributed by atoms with Crippen molar-refractivity contribution < 1.29 is 8.78 Å². The van der Waals surface area contributed by atoms with Crippen molar-refractivity contribution in [3.63, 3.8) is 0 Å². The number of imidazole rings is 1. The number of hydrogen-bond acceptors (Lipinski definition) is 2. The van der Waals surface area contributed by atoms with Gasteiger partial charge in [-0.2, -0.15) is 0 Å². The number of benzene rings is 1. The van der Waals surface area contributed by atoms with Crippen LogP contribution in [0.4, 0.5) is 8.78 Å². The summed E-state index contributed by atoms with van der Waals surface area (Å²) in [6.45, 7) is 0.421. The summed E-state index contributed by atoms with van der Waals surface area (Å²) in [5, 5.41) is 0.824. The van der Waals surface area contributed by atoms with Crippen LogP contribution < -0.4 is 0 Å². The fourth-order valence-corrected chi connectivity index (χ4v) is 2.03. The molecule has 0 spiro atoms. The Balaban J connectivity index is 2.26. The molecule has 1 heterocycles. The van der Waals surface area contributed by atoms with E-state index in [1.54, 1.807) is 12.4 Å². The van der Waals surface area contributed by atoms with Gasteiger partial charge in [-0.05, 0) is 24.0 Å². The third-order valence-corrected chi connectivity index (χ3v) is 2.84. The van der Waals surface area contributed by atoms with Gasteiger partial charge in [0.1, 0.15) is 11.6 Å². The van der Waals surface area contributed by atoms with E-state index in [0.717, 1.165) is 11.2 Å². The molecule has 1 aromatic heterocycles. The molecule has 0 amide bonds. The minimum Gasteiger partial charge on any atom is -0.322 e. The molecule has 5 heteroatoms. The van der Waals surface area contributed by atoms with Crippen molar-refractivity contribution in [1.29, 1.82) is 0 Å². The maximum absolute atomic E-state index is 13.0. The summed E-state index contributed by atoms with van der Waals surface area (Å²) in [6.07, 6.45) is 5.36. The number of nitrogens with zero attached hydrogens (tertiary/aromatic N) is 2. The highest BCUT2D eigenvalue weighted by Crippen LogP contribution is 2.15. The van der Waals surface area contributed by atoms with Crippen LogP contribution in [0.3, 0.4) is 0 Å². The first-order valence-corrected chi connectivity index (χ1v) is 5.91. The fourth-order valence-electron chi connectivity index (χ4n) is 1.50. The van der Waals surface area contributed by atoms with Gasteiger partial charge in [-0.15, -0.1) is 0 Å². The molecule has 0 N–H and O–H groups in total. The van der Waals surface area contributed by atoms with E-state index in [1.807, 2.05) is 10.8 Å². The van der Waals surface area contributed by atoms with Crippen molar-refractivity contribution >= 4 is 11.8 Å². The van der Waals surface area contributed by atoms with Gasteiger partial charge in [-0.25, -0.2) is 13.8 Å². The van der Waals surface area contributed by atoms with E-state index in [4.69, 9.17) is 0 Å². The van der Waals surface area contributed by atoms with Crippen molar-refractivity contribution in [2.75, 3.05) is 6.26 Å². The summed E-state index contributed by atoms with van der Waals surface area (Å²) in [5.41, 5.74) is 0.589. The first-order chi connectivity index (χ1) is 7.69. The number of thioether (sulfide) groups is 1. The Morgan fingerprint density at radius 2 is 1.94 bits per heavy atom. The zero-order valence-electron chi connectivity index (χ0n) is 8.65. The summed E-state index contributed by atoms with van der Waals surface area (Å²) < 4.78 is 27.8. The van der Waals surface area contributed by atoms with Crippen LogP contribution in [0, 0.1) is 11.6 Å². The van der Waals surface area contributed by atoms with E-state index in [1.165, 1.54) is 23.9 Å². The van der Waals surface area contributed by atoms with E-state index >= 15 is 0 Å². The predicted molar refractivity (Wildman–Crippen MR) is 59.5 cm³/mol. The highest BCUT2D eigenvalue weighted by atomic mass is 32.2. The summed E-state index contributed by atoms with van der Waals surface area (Å²) >= 11 is 1.49. The molecule has 0 saturated carbocycles. The van der Waals surface area contributed by atoms with Crippen LogP contribution in [0.15, 0.2) is 35.7 Å². The van der Waals surface area contributed by atoms with Crippen molar-refractivity contribution in [1.82, 2.24) is 9.55 Å². The summed E-state index contributed by atoms with van der Waals surface area (Å²) in [7, 11) is 0. The highest BCUT2D eigenvalue weighted by Gasteiger charge is 2.04. The third-order valence-electron chi connectivity index (χ3n) is 2.14. The normalized spacial score (nSPS) is 10.7. The summed E-state index contributed by atoms with van der Waals surface area (Å²) in [6, 6.07) is 3.52. The lowest BCUT2D eigenvalue weighted by molar-refractivity contribution is 0.575. The molecule has 2 rings (SSSR count). The second-order valence-corrected chi connectivity index (χ2v) is 4.09. The average Bonchev–Trinajstić information content (AvgIpc) is 2.63. The molecule has 0 bridgehead atoms. The second kappa shape index (κ2) is 4.65. The van der Waals surface area contributed by atoms with E-state index in [0.29, 0.717) is 12.1 Å². The van der Waals surface area contributed by atoms with Crippen LogP contribution in [-0.4, -0.2) is 15.8 Å². The first-order valence-electron chi connectivity index (χ1n) is 4.69. The molecule has 0 saturated heterocycles. The van der Waals surface area contributed by atoms with Gasteiger partial charge in [-0.3, -0.25) is 0 Å². The zero-order valence-corrected chi connectivity index (χ0v) is 9.47. The summed E-state index contributed by atoms with van der Waals surface area (Å²) in [4.78, 5) is 4.11. The predicted octanol–water partition coefficient (Wildman–Crippen LogP) is 2.93. The van der Waals surface area contributed by atoms with Crippen molar-refractivity contribution in [2.45, 2.75) is 11.7 Å². The van der Waals surface area contributed by atoms with E-state index in [9.17, 15) is 8.78 Å². The Morgan fingerprint density at radius 3 is 2.56 bits per heavy atom. The van der Waals surface area contributed by atoms with E-state index < -0.39 is 11.6 Å². The van der Waals surface area contributed by atoms with Crippen molar-refractivity contribution in [3.8, 4) is 0 Å². The topological polar surface area (TPSA) is 17.8 Å². The van der Waals surface area contributed by atoms with Crippen molar-refractivity contribution in [3.05, 3.63) is 47.8 Å². The summed E-state index contributed by atoms with van der Waals surface area (Å²) in [5.74, 6) is -1.11. The lowest BCUT2D eigenvalue weighted by Gasteiger charge is -2.06. The lowest BCUT2D eigenvalue weighted by Crippen LogP contribution is -2.01. The van der Waals surface area contributed by atoms with E-state index in [2.05, 4.69) is 4.98 Å². The largest absolute Gasteiger partial charge is 0.322 e. The maximum atomic E-state index is 13.0. The molecule has 2 nitrogen and oxygen atoms in total. The number of halogens is 2. The van der Waals surface area contributed by atoms with E-state index in [-0.39, 0.29) is 0 Å².